The Labute approximate surface area is 350 Å². The normalized spacial score (nSPS) is 19.7. The number of hydrogen-bond donors (Lipinski definition) is 0. The second kappa shape index (κ2) is 15.8. The molecule has 2 atom stereocenters. The third-order valence-corrected chi connectivity index (χ3v) is 12.6. The van der Waals surface area contributed by atoms with Crippen molar-refractivity contribution in [1.29, 1.82) is 0 Å². The molecule has 0 bridgehead atoms. The van der Waals surface area contributed by atoms with Crippen LogP contribution < -0.4 is 9.80 Å². The van der Waals surface area contributed by atoms with Gasteiger partial charge in [0.1, 0.15) is 0 Å². The Balaban J connectivity index is 0.977. The second-order valence-corrected chi connectivity index (χ2v) is 16.3. The van der Waals surface area contributed by atoms with Gasteiger partial charge in [0.25, 0.3) is 0 Å². The third kappa shape index (κ3) is 6.77. The molecule has 5 aromatic rings. The quantitative estimate of drug-likeness (QED) is 0.149. The minimum Gasteiger partial charge on any atom is -0.318 e. The number of nitrogens with zero attached hydrogens (tertiary/aromatic N) is 2. The number of benzene rings is 5. The van der Waals surface area contributed by atoms with Crippen molar-refractivity contribution in [2.45, 2.75) is 40.5 Å². The molecule has 0 saturated heterocycles. The van der Waals surface area contributed by atoms with Crippen LogP contribution in [0.2, 0.25) is 0 Å². The Hall–Kier alpha value is -6.82. The summed E-state index contributed by atoms with van der Waals surface area (Å²) in [6.45, 7) is 13.4. The molecule has 2 nitrogen and oxygen atoms in total. The Morgan fingerprint density at radius 1 is 0.746 bits per heavy atom. The van der Waals surface area contributed by atoms with Crippen LogP contribution >= 0.6 is 0 Å². The Kier molecular flexibility index (Phi) is 10.1. The van der Waals surface area contributed by atoms with E-state index in [1.807, 2.05) is 18.2 Å². The maximum Gasteiger partial charge on any atom is 0.0540 e. The predicted molar refractivity (Wildman–Crippen MR) is 252 cm³/mol. The molecule has 2 aliphatic heterocycles. The Morgan fingerprint density at radius 2 is 1.44 bits per heavy atom. The van der Waals surface area contributed by atoms with Gasteiger partial charge in [-0.2, -0.15) is 0 Å². The summed E-state index contributed by atoms with van der Waals surface area (Å²) < 4.78 is 0. The fraction of sp³-hybridized carbons (Fsp3) is 0.158. The first-order valence-corrected chi connectivity index (χ1v) is 20.9. The molecule has 4 aliphatic rings. The van der Waals surface area contributed by atoms with Crippen molar-refractivity contribution < 1.29 is 0 Å². The Morgan fingerprint density at radius 3 is 2.14 bits per heavy atom. The van der Waals surface area contributed by atoms with E-state index in [4.69, 9.17) is 0 Å². The molecule has 2 heteroatoms. The topological polar surface area (TPSA) is 6.48 Å². The van der Waals surface area contributed by atoms with Gasteiger partial charge in [-0.25, -0.2) is 0 Å². The molecule has 9 rings (SSSR count). The van der Waals surface area contributed by atoms with Crippen molar-refractivity contribution in [3.63, 3.8) is 0 Å². The van der Waals surface area contributed by atoms with Crippen molar-refractivity contribution in [2.75, 3.05) is 9.80 Å². The van der Waals surface area contributed by atoms with E-state index in [0.29, 0.717) is 11.8 Å². The lowest BCUT2D eigenvalue weighted by atomic mass is 9.75. The molecule has 0 radical (unpaired) electrons. The monoisotopic (exact) mass is 762 g/mol. The van der Waals surface area contributed by atoms with Crippen molar-refractivity contribution in [3.05, 3.63) is 232 Å². The first kappa shape index (κ1) is 37.7. The molecular formula is C57H50N2. The summed E-state index contributed by atoms with van der Waals surface area (Å²) in [7, 11) is 0. The highest BCUT2D eigenvalue weighted by Gasteiger charge is 2.47. The zero-order valence-corrected chi connectivity index (χ0v) is 34.5. The smallest absolute Gasteiger partial charge is 0.0540 e. The molecule has 59 heavy (non-hydrogen) atoms. The maximum atomic E-state index is 4.33. The van der Waals surface area contributed by atoms with Gasteiger partial charge in [0.05, 0.1) is 5.69 Å². The van der Waals surface area contributed by atoms with Crippen LogP contribution in [-0.4, -0.2) is 0 Å². The molecule has 1 saturated carbocycles. The van der Waals surface area contributed by atoms with E-state index in [-0.39, 0.29) is 5.41 Å². The highest BCUT2D eigenvalue weighted by molar-refractivity contribution is 5.93. The van der Waals surface area contributed by atoms with Crippen LogP contribution in [0, 0.1) is 17.3 Å². The van der Waals surface area contributed by atoms with Crippen LogP contribution in [0.15, 0.2) is 199 Å². The van der Waals surface area contributed by atoms with Crippen molar-refractivity contribution in [2.24, 2.45) is 17.3 Å². The molecule has 0 spiro atoms. The number of anilines is 4. The highest BCUT2D eigenvalue weighted by atomic mass is 15.2. The first-order valence-electron chi connectivity index (χ1n) is 20.9. The van der Waals surface area contributed by atoms with Gasteiger partial charge < -0.3 is 9.80 Å². The lowest BCUT2D eigenvalue weighted by Gasteiger charge is -2.35. The van der Waals surface area contributed by atoms with Gasteiger partial charge in [-0.05, 0) is 130 Å². The molecule has 2 aliphatic carbocycles. The minimum absolute atomic E-state index is 0.000631. The summed E-state index contributed by atoms with van der Waals surface area (Å²) in [5.41, 5.74) is 25.2. The van der Waals surface area contributed by atoms with Gasteiger partial charge in [-0.15, -0.1) is 0 Å². The van der Waals surface area contributed by atoms with Crippen LogP contribution in [0.25, 0.3) is 29.4 Å². The molecule has 5 aromatic carbocycles. The van der Waals surface area contributed by atoms with Gasteiger partial charge in [0.2, 0.25) is 0 Å². The van der Waals surface area contributed by atoms with Gasteiger partial charge >= 0.3 is 0 Å². The number of fused-ring (bicyclic) bond motifs is 4. The first-order chi connectivity index (χ1) is 28.9. The molecule has 0 aromatic heterocycles. The molecular weight excluding hydrogens is 713 g/mol. The standard InChI is InChI=1S/C57H50N2/c1-6-19-48-46(7-2)56(59-54-27-16-13-22-43(54)38-44-23-14-17-28-55(44)59)36-35-47(48)41-31-29-40(30-32-41)20-10-9-11-25-49-50-34-33-45(39-52(50)57(4,5)51(49)8-3)58-37-18-24-42-21-12-15-26-53(42)58/h6-8,11-23,25-37,39,50,52H,2,24,38H2,1,3-5H3/b19-6-,20-11?,49-25-,51-8+. The van der Waals surface area contributed by atoms with Crippen LogP contribution in [0.4, 0.5) is 22.7 Å². The summed E-state index contributed by atoms with van der Waals surface area (Å²) in [5.74, 6) is 0.673. The average Bonchev–Trinajstić information content (AvgIpc) is 3.49. The van der Waals surface area contributed by atoms with E-state index < -0.39 is 0 Å². The van der Waals surface area contributed by atoms with E-state index in [0.717, 1.165) is 40.8 Å². The zero-order chi connectivity index (χ0) is 40.5. The van der Waals surface area contributed by atoms with E-state index in [1.165, 1.54) is 56.2 Å². The van der Waals surface area contributed by atoms with Crippen LogP contribution in [-0.2, 0) is 12.8 Å². The van der Waals surface area contributed by atoms with Crippen LogP contribution in [0.3, 0.4) is 0 Å². The predicted octanol–water partition coefficient (Wildman–Crippen LogP) is 14.9. The average molecular weight is 763 g/mol. The fourth-order valence-electron chi connectivity index (χ4n) is 9.81. The maximum absolute atomic E-state index is 4.33. The van der Waals surface area contributed by atoms with Gasteiger partial charge in [-0.3, -0.25) is 0 Å². The summed E-state index contributed by atoms with van der Waals surface area (Å²) in [6, 6.07) is 39.4. The van der Waals surface area contributed by atoms with E-state index in [1.54, 1.807) is 0 Å². The van der Waals surface area contributed by atoms with Gasteiger partial charge in [0, 0.05) is 46.9 Å². The highest BCUT2D eigenvalue weighted by Crippen LogP contribution is 2.56. The number of allylic oxidation sites excluding steroid dienone is 10. The number of para-hydroxylation sites is 3. The SMILES string of the molecule is C=Cc1c(N2c3ccccc3Cc3ccccc32)ccc(-c2ccc(C=C=C=C/C=C3\C(=C/C)C(C)(C)C4C=C(N5C=CCc6ccccc65)C=CC34)cc2)c1/C=C\C. The minimum atomic E-state index is -0.000631. The number of rotatable bonds is 7. The third-order valence-electron chi connectivity index (χ3n) is 12.6. The second-order valence-electron chi connectivity index (χ2n) is 16.3. The fourth-order valence-corrected chi connectivity index (χ4v) is 9.81. The molecule has 0 N–H and O–H groups in total. The summed E-state index contributed by atoms with van der Waals surface area (Å²) in [4.78, 5) is 4.76. The van der Waals surface area contributed by atoms with Crippen molar-refractivity contribution >= 4 is 41.0 Å². The summed E-state index contributed by atoms with van der Waals surface area (Å²) >= 11 is 0. The summed E-state index contributed by atoms with van der Waals surface area (Å²) in [5, 5.41) is 0. The molecule has 2 heterocycles. The lowest BCUT2D eigenvalue weighted by Crippen LogP contribution is -2.27. The number of hydrogen-bond acceptors (Lipinski definition) is 2. The van der Waals surface area contributed by atoms with Crippen LogP contribution in [0.1, 0.15) is 61.1 Å². The molecule has 0 amide bonds. The zero-order valence-electron chi connectivity index (χ0n) is 34.5. The van der Waals surface area contributed by atoms with Gasteiger partial charge in [-0.1, -0.05) is 159 Å². The molecule has 2 unspecified atom stereocenters. The van der Waals surface area contributed by atoms with Crippen molar-refractivity contribution in [3.8, 4) is 11.1 Å². The summed E-state index contributed by atoms with van der Waals surface area (Å²) in [6.07, 6.45) is 28.5. The van der Waals surface area contributed by atoms with E-state index in [9.17, 15) is 0 Å². The lowest BCUT2D eigenvalue weighted by molar-refractivity contribution is 0.331. The van der Waals surface area contributed by atoms with Gasteiger partial charge in [0.15, 0.2) is 0 Å². The Bertz CT molecular complexity index is 2720. The molecule has 1 fully saturated rings. The molecule has 288 valence electrons. The van der Waals surface area contributed by atoms with E-state index in [2.05, 4.69) is 220 Å². The largest absolute Gasteiger partial charge is 0.318 e. The van der Waals surface area contributed by atoms with E-state index >= 15 is 0 Å². The van der Waals surface area contributed by atoms with Crippen molar-refractivity contribution in [1.82, 2.24) is 0 Å². The van der Waals surface area contributed by atoms with Crippen LogP contribution in [0.5, 0.6) is 0 Å².